The van der Waals surface area contributed by atoms with E-state index in [4.69, 9.17) is 0 Å². The first-order chi connectivity index (χ1) is 23.6. The van der Waals surface area contributed by atoms with E-state index < -0.39 is 120 Å². The van der Waals surface area contributed by atoms with E-state index in [9.17, 15) is 150 Å². The second-order valence-corrected chi connectivity index (χ2v) is 10.4. The van der Waals surface area contributed by atoms with Crippen LogP contribution in [-0.2, 0) is 9.53 Å². The molecule has 35 heteroatoms. The quantitative estimate of drug-likeness (QED) is 0.0778. The number of carbonyl (C=O) groups excluding carboxylic acids is 1. The Morgan fingerprint density at radius 1 is 0.375 bits per heavy atom. The van der Waals surface area contributed by atoms with Gasteiger partial charge < -0.3 is 4.74 Å². The third-order valence-electron chi connectivity index (χ3n) is 6.81. The molecular weight excluding hydrogens is 911 g/mol. The molecule has 0 bridgehead atoms. The number of esters is 1. The van der Waals surface area contributed by atoms with Gasteiger partial charge in [0.25, 0.3) is 0 Å². The van der Waals surface area contributed by atoms with Crippen LogP contribution in [0.25, 0.3) is 0 Å². The van der Waals surface area contributed by atoms with Gasteiger partial charge in [-0.15, -0.1) is 0 Å². The number of ether oxygens (including phenoxy) is 1. The highest BCUT2D eigenvalue weighted by Crippen LogP contribution is 2.70. The van der Waals surface area contributed by atoms with Crippen molar-refractivity contribution < 1.29 is 154 Å². The molecule has 0 aliphatic carbocycles. The zero-order chi connectivity index (χ0) is 46.6. The van der Waals surface area contributed by atoms with Gasteiger partial charge in [0.15, 0.2) is 6.17 Å². The van der Waals surface area contributed by atoms with Crippen LogP contribution >= 0.6 is 0 Å². The fourth-order valence-electron chi connectivity index (χ4n) is 3.24. The van der Waals surface area contributed by atoms with Gasteiger partial charge in [0.2, 0.25) is 0 Å². The normalized spacial score (nSPS) is 17.2. The van der Waals surface area contributed by atoms with Crippen LogP contribution in [-0.4, -0.2) is 107 Å². The third-order valence-corrected chi connectivity index (χ3v) is 6.81. The van der Waals surface area contributed by atoms with Gasteiger partial charge in [0, 0.05) is 6.08 Å². The van der Waals surface area contributed by atoms with E-state index in [1.54, 1.807) is 0 Å². The summed E-state index contributed by atoms with van der Waals surface area (Å²) in [6, 6.07) is 0. The van der Waals surface area contributed by atoms with E-state index in [1.807, 2.05) is 4.74 Å². The number of carbonyl (C=O) groups is 1. The molecular formula is C21H7F33O2. The molecule has 0 radical (unpaired) electrons. The van der Waals surface area contributed by atoms with Crippen LogP contribution in [0.15, 0.2) is 12.7 Å². The Morgan fingerprint density at radius 3 is 0.696 bits per heavy atom. The number of hydrogen-bond acceptors (Lipinski definition) is 2. The van der Waals surface area contributed by atoms with Crippen LogP contribution in [0.4, 0.5) is 145 Å². The Bertz CT molecular complexity index is 1470. The van der Waals surface area contributed by atoms with Gasteiger partial charge >= 0.3 is 101 Å². The average molecular weight is 918 g/mol. The van der Waals surface area contributed by atoms with Crippen molar-refractivity contribution in [1.82, 2.24) is 0 Å². The first-order valence-corrected chi connectivity index (χ1v) is 12.2. The van der Waals surface area contributed by atoms with Crippen molar-refractivity contribution in [2.24, 2.45) is 0 Å². The van der Waals surface area contributed by atoms with E-state index in [1.165, 1.54) is 0 Å². The lowest BCUT2D eigenvalue weighted by molar-refractivity contribution is -0.492. The minimum absolute atomic E-state index is 0.797. The van der Waals surface area contributed by atoms with E-state index >= 15 is 0 Å². The fourth-order valence-corrected chi connectivity index (χ4v) is 3.24. The van der Waals surface area contributed by atoms with E-state index in [-0.39, 0.29) is 0 Å². The molecule has 56 heavy (non-hydrogen) atoms. The van der Waals surface area contributed by atoms with Crippen molar-refractivity contribution >= 4 is 5.97 Å². The molecule has 1 atom stereocenters. The Kier molecular flexibility index (Phi) is 12.5. The molecule has 0 saturated carbocycles. The first-order valence-electron chi connectivity index (χ1n) is 12.2. The zero-order valence-electron chi connectivity index (χ0n) is 24.7. The summed E-state index contributed by atoms with van der Waals surface area (Å²) < 4.78 is 454. The third kappa shape index (κ3) is 6.04. The second kappa shape index (κ2) is 13.2. The van der Waals surface area contributed by atoms with Crippen LogP contribution in [0.5, 0.6) is 0 Å². The van der Waals surface area contributed by atoms with Crippen molar-refractivity contribution in [3.05, 3.63) is 12.7 Å². The molecule has 0 aromatic rings. The summed E-state index contributed by atoms with van der Waals surface area (Å²) >= 11 is 0. The van der Waals surface area contributed by atoms with Crippen LogP contribution in [0, 0.1) is 0 Å². The van der Waals surface area contributed by atoms with Crippen LogP contribution < -0.4 is 0 Å². The monoisotopic (exact) mass is 918 g/mol. The van der Waals surface area contributed by atoms with E-state index in [0.717, 1.165) is 0 Å². The summed E-state index contributed by atoms with van der Waals surface area (Å²) in [5.41, 5.74) is 0. The number of rotatable bonds is 18. The topological polar surface area (TPSA) is 26.3 Å². The molecule has 2 nitrogen and oxygen atoms in total. The van der Waals surface area contributed by atoms with Crippen molar-refractivity contribution in [2.75, 3.05) is 0 Å². The van der Waals surface area contributed by atoms with Crippen LogP contribution in [0.2, 0.25) is 0 Å². The standard InChI is InChI=1S/C21H7F33O2/c1-3-5(55)56-21(53,54)20(51,52)19(49,50)18(47,48)17(45,46)16(43,44)15(41,42)14(39,40)13(37,38)12(35,36)11(33,34)10(31,32)9(29,30)8(27,28)7(25,26)6(23,24)4(2)22/h3-4H,1H2,2H3. The Labute approximate surface area is 282 Å². The van der Waals surface area contributed by atoms with Gasteiger partial charge in [-0.3, -0.25) is 0 Å². The molecule has 0 rings (SSSR count). The average Bonchev–Trinajstić information content (AvgIpc) is 2.98. The molecule has 334 valence electrons. The van der Waals surface area contributed by atoms with Gasteiger partial charge in [0.05, 0.1) is 0 Å². The molecule has 0 saturated heterocycles. The second-order valence-electron chi connectivity index (χ2n) is 10.4. The molecule has 0 aromatic heterocycles. The molecule has 0 amide bonds. The highest BCUT2D eigenvalue weighted by Gasteiger charge is 3.02. The fraction of sp³-hybridized carbons (Fsp3) is 0.857. The van der Waals surface area contributed by atoms with E-state index in [2.05, 4.69) is 6.58 Å². The minimum atomic E-state index is -10.2. The molecule has 0 aromatic carbocycles. The van der Waals surface area contributed by atoms with Crippen LogP contribution in [0.3, 0.4) is 0 Å². The van der Waals surface area contributed by atoms with E-state index in [0.29, 0.717) is 0 Å². The summed E-state index contributed by atoms with van der Waals surface area (Å²) in [6.45, 7) is 1.01. The van der Waals surface area contributed by atoms with Crippen molar-refractivity contribution in [3.8, 4) is 0 Å². The number of hydrogen-bond donors (Lipinski definition) is 0. The van der Waals surface area contributed by atoms with Gasteiger partial charge in [0.1, 0.15) is 0 Å². The Balaban J connectivity index is 7.77. The summed E-state index contributed by atoms with van der Waals surface area (Å²) in [4.78, 5) is 10.5. The highest BCUT2D eigenvalue weighted by molar-refractivity contribution is 5.81. The molecule has 1 unspecified atom stereocenters. The minimum Gasteiger partial charge on any atom is -0.393 e. The first kappa shape index (κ1) is 52.9. The van der Waals surface area contributed by atoms with Gasteiger partial charge in [-0.05, 0) is 6.92 Å². The maximum atomic E-state index is 13.9. The summed E-state index contributed by atoms with van der Waals surface area (Å²) in [5, 5.41) is 0. The summed E-state index contributed by atoms with van der Waals surface area (Å²) in [7, 11) is 0. The van der Waals surface area contributed by atoms with Gasteiger partial charge in [-0.25, -0.2) is 9.18 Å². The lowest BCUT2D eigenvalue weighted by Gasteiger charge is -2.47. The molecule has 0 aliphatic heterocycles. The molecule has 0 heterocycles. The predicted molar refractivity (Wildman–Crippen MR) is 106 cm³/mol. The van der Waals surface area contributed by atoms with Gasteiger partial charge in [-0.1, -0.05) is 6.58 Å². The predicted octanol–water partition coefficient (Wildman–Crippen LogP) is 11.2. The maximum absolute atomic E-state index is 13.9. The lowest BCUT2D eigenvalue weighted by atomic mass is 9.82. The Hall–Kier alpha value is -3.10. The van der Waals surface area contributed by atoms with Gasteiger partial charge in [-0.2, -0.15) is 140 Å². The maximum Gasteiger partial charge on any atom is 0.473 e. The smallest absolute Gasteiger partial charge is 0.393 e. The lowest BCUT2D eigenvalue weighted by Crippen LogP contribution is -2.80. The van der Waals surface area contributed by atoms with Crippen molar-refractivity contribution in [1.29, 1.82) is 0 Å². The summed E-state index contributed by atoms with van der Waals surface area (Å²) in [5.74, 6) is -147. The van der Waals surface area contributed by atoms with Crippen molar-refractivity contribution in [2.45, 2.75) is 108 Å². The Morgan fingerprint density at radius 2 is 0.536 bits per heavy atom. The highest BCUT2D eigenvalue weighted by atomic mass is 19.4. The molecule has 0 spiro atoms. The SMILES string of the molecule is C=CC(=O)OC(F)(F)C(F)(F)C(F)(F)C(F)(F)C(F)(F)C(F)(F)C(F)(F)C(F)(F)C(F)(F)C(F)(F)C(F)(F)C(F)(F)C(F)(F)C(F)(F)C(F)(F)C(F)(F)C(C)F. The molecule has 0 aliphatic rings. The number of halogens is 33. The van der Waals surface area contributed by atoms with Crippen molar-refractivity contribution in [3.63, 3.8) is 0 Å². The summed E-state index contributed by atoms with van der Waals surface area (Å²) in [6.07, 6.45) is -13.6. The molecule has 0 N–H and O–H groups in total. The molecule has 0 fully saturated rings. The zero-order valence-corrected chi connectivity index (χ0v) is 24.7. The largest absolute Gasteiger partial charge is 0.473 e. The number of alkyl halides is 33. The van der Waals surface area contributed by atoms with Crippen LogP contribution in [0.1, 0.15) is 6.92 Å².